The van der Waals surface area contributed by atoms with Gasteiger partial charge < -0.3 is 19.9 Å². The summed E-state index contributed by atoms with van der Waals surface area (Å²) in [5.41, 5.74) is -1.35. The first-order valence-corrected chi connectivity index (χ1v) is 9.27. The molecule has 2 saturated heterocycles. The summed E-state index contributed by atoms with van der Waals surface area (Å²) < 4.78 is 52.5. The minimum absolute atomic E-state index is 0.0335. The van der Waals surface area contributed by atoms with Crippen LogP contribution < -0.4 is 5.32 Å². The van der Waals surface area contributed by atoms with Crippen molar-refractivity contribution in [3.8, 4) is 5.75 Å². The number of halogens is 1. The van der Waals surface area contributed by atoms with E-state index in [9.17, 15) is 17.9 Å². The lowest BCUT2D eigenvalue weighted by Crippen LogP contribution is -2.68. The maximum absolute atomic E-state index is 14.6. The van der Waals surface area contributed by atoms with Gasteiger partial charge in [0.15, 0.2) is 0 Å². The van der Waals surface area contributed by atoms with Gasteiger partial charge in [-0.15, -0.1) is 0 Å². The first-order chi connectivity index (χ1) is 11.7. The van der Waals surface area contributed by atoms with Gasteiger partial charge in [0.25, 0.3) is 0 Å². The molecule has 0 aromatic heterocycles. The number of fused-ring (bicyclic) bond motifs is 1. The Labute approximate surface area is 146 Å². The lowest BCUT2D eigenvalue weighted by molar-refractivity contribution is -0.0714. The highest BCUT2D eigenvalue weighted by molar-refractivity contribution is 7.90. The number of methoxy groups -OCH3 is 1. The third-order valence-electron chi connectivity index (χ3n) is 4.85. The highest BCUT2D eigenvalue weighted by atomic mass is 32.2. The maximum atomic E-state index is 14.6. The molecule has 2 aliphatic heterocycles. The molecule has 138 valence electrons. The number of aromatic hydroxyl groups is 1. The zero-order valence-electron chi connectivity index (χ0n) is 14.0. The van der Waals surface area contributed by atoms with Gasteiger partial charge in [-0.2, -0.15) is 0 Å². The van der Waals surface area contributed by atoms with Crippen LogP contribution in [0.2, 0.25) is 0 Å². The van der Waals surface area contributed by atoms with Crippen LogP contribution in [0.4, 0.5) is 4.39 Å². The smallest absolute Gasteiger partial charge is 0.241 e. The number of nitrogens with zero attached hydrogens (tertiary/aromatic N) is 1. The van der Waals surface area contributed by atoms with Crippen LogP contribution in [0.1, 0.15) is 12.0 Å². The Hall–Kier alpha value is -1.84. The topological polar surface area (TPSA) is 88.1 Å². The minimum atomic E-state index is -3.81. The van der Waals surface area contributed by atoms with Crippen LogP contribution in [0.15, 0.2) is 30.6 Å². The van der Waals surface area contributed by atoms with Crippen LogP contribution in [-0.2, 0) is 25.0 Å². The van der Waals surface area contributed by atoms with Crippen molar-refractivity contribution < 1.29 is 27.4 Å². The Balaban J connectivity index is 2.16. The number of phenolic OH excluding ortho intramolecular Hbond substituents is 1. The van der Waals surface area contributed by atoms with Crippen molar-refractivity contribution in [2.75, 3.05) is 27.4 Å². The lowest BCUT2D eigenvalue weighted by atomic mass is 9.82. The molecule has 0 amide bonds. The standard InChI is InChI=1S/C16H21FN2O5S/c1-10-18-16(13-6-11(20)4-5-14(13)17)9-24-12(8-23-3)7-15(16)25(21,22)19(10)2/h4-6,12,15,18,20H,1,7-9H2,2-3H3/t12-,15-,16-/m1/s1. The van der Waals surface area contributed by atoms with Crippen LogP contribution in [0.5, 0.6) is 5.75 Å². The number of hydrogen-bond donors (Lipinski definition) is 2. The third kappa shape index (κ3) is 2.76. The highest BCUT2D eigenvalue weighted by Gasteiger charge is 2.58. The molecule has 2 N–H and O–H groups in total. The predicted octanol–water partition coefficient (Wildman–Crippen LogP) is 0.866. The van der Waals surface area contributed by atoms with Crippen molar-refractivity contribution in [3.63, 3.8) is 0 Å². The van der Waals surface area contributed by atoms with Gasteiger partial charge in [0.05, 0.1) is 19.3 Å². The van der Waals surface area contributed by atoms with E-state index in [-0.39, 0.29) is 36.8 Å². The summed E-state index contributed by atoms with van der Waals surface area (Å²) in [6.07, 6.45) is -0.310. The average Bonchev–Trinajstić information content (AvgIpc) is 2.56. The molecule has 2 fully saturated rings. The van der Waals surface area contributed by atoms with E-state index in [0.717, 1.165) is 10.4 Å². The molecule has 0 saturated carbocycles. The van der Waals surface area contributed by atoms with E-state index < -0.39 is 32.7 Å². The zero-order chi connectivity index (χ0) is 18.4. The van der Waals surface area contributed by atoms with Crippen molar-refractivity contribution in [2.45, 2.75) is 23.3 Å². The van der Waals surface area contributed by atoms with Gasteiger partial charge in [0.1, 0.15) is 28.2 Å². The Morgan fingerprint density at radius 1 is 1.56 bits per heavy atom. The highest BCUT2D eigenvalue weighted by Crippen LogP contribution is 2.44. The molecule has 25 heavy (non-hydrogen) atoms. The average molecular weight is 372 g/mol. The van der Waals surface area contributed by atoms with E-state index in [4.69, 9.17) is 9.47 Å². The van der Waals surface area contributed by atoms with Crippen molar-refractivity contribution >= 4 is 10.0 Å². The molecule has 0 bridgehead atoms. The second kappa shape index (κ2) is 6.15. The quantitative estimate of drug-likeness (QED) is 0.819. The first-order valence-electron chi connectivity index (χ1n) is 7.76. The number of ether oxygens (including phenoxy) is 2. The van der Waals surface area contributed by atoms with Crippen LogP contribution >= 0.6 is 0 Å². The maximum Gasteiger partial charge on any atom is 0.241 e. The van der Waals surface area contributed by atoms with Gasteiger partial charge in [-0.3, -0.25) is 4.31 Å². The molecule has 0 unspecified atom stereocenters. The molecule has 3 rings (SSSR count). The van der Waals surface area contributed by atoms with Gasteiger partial charge in [0, 0.05) is 19.7 Å². The van der Waals surface area contributed by atoms with Crippen LogP contribution in [0, 0.1) is 5.82 Å². The monoisotopic (exact) mass is 372 g/mol. The first kappa shape index (κ1) is 18.0. The number of sulfonamides is 1. The van der Waals surface area contributed by atoms with Gasteiger partial charge in [-0.25, -0.2) is 12.8 Å². The van der Waals surface area contributed by atoms with E-state index >= 15 is 0 Å². The Bertz CT molecular complexity index is 800. The summed E-state index contributed by atoms with van der Waals surface area (Å²) in [5, 5.41) is 11.8. The SMILES string of the molecule is C=C1N[C@@]2(c3cc(O)ccc3F)CO[C@@H](COC)C[C@H]2S(=O)(=O)N1C. The summed E-state index contributed by atoms with van der Waals surface area (Å²) in [5.74, 6) is -0.670. The lowest BCUT2D eigenvalue weighted by Gasteiger charge is -2.52. The number of hydrogen-bond acceptors (Lipinski definition) is 6. The Morgan fingerprint density at radius 3 is 2.96 bits per heavy atom. The van der Waals surface area contributed by atoms with E-state index in [2.05, 4.69) is 11.9 Å². The number of benzene rings is 1. The fourth-order valence-electron chi connectivity index (χ4n) is 3.50. The van der Waals surface area contributed by atoms with E-state index in [1.54, 1.807) is 0 Å². The predicted molar refractivity (Wildman–Crippen MR) is 88.7 cm³/mol. The summed E-state index contributed by atoms with van der Waals surface area (Å²) in [6, 6.07) is 3.54. The van der Waals surface area contributed by atoms with E-state index in [1.807, 2.05) is 0 Å². The van der Waals surface area contributed by atoms with Gasteiger partial charge in [-0.1, -0.05) is 6.58 Å². The Morgan fingerprint density at radius 2 is 2.28 bits per heavy atom. The van der Waals surface area contributed by atoms with E-state index in [1.165, 1.54) is 26.3 Å². The molecule has 0 aliphatic carbocycles. The number of nitrogens with one attached hydrogen (secondary N) is 1. The molecule has 1 aromatic rings. The van der Waals surface area contributed by atoms with Crippen molar-refractivity contribution in [2.24, 2.45) is 0 Å². The summed E-state index contributed by atoms with van der Waals surface area (Å²) >= 11 is 0. The second-order valence-electron chi connectivity index (χ2n) is 6.33. The minimum Gasteiger partial charge on any atom is -0.508 e. The van der Waals surface area contributed by atoms with Crippen LogP contribution in [0.3, 0.4) is 0 Å². The normalized spacial score (nSPS) is 31.3. The molecule has 7 nitrogen and oxygen atoms in total. The largest absolute Gasteiger partial charge is 0.508 e. The fraction of sp³-hybridized carbons (Fsp3) is 0.500. The summed E-state index contributed by atoms with van der Waals surface area (Å²) in [6.45, 7) is 3.86. The second-order valence-corrected chi connectivity index (χ2v) is 8.48. The summed E-state index contributed by atoms with van der Waals surface area (Å²) in [4.78, 5) is 0. The van der Waals surface area contributed by atoms with Crippen LogP contribution in [0.25, 0.3) is 0 Å². The van der Waals surface area contributed by atoms with Gasteiger partial charge in [-0.05, 0) is 24.6 Å². The molecule has 3 atom stereocenters. The van der Waals surface area contributed by atoms with Crippen molar-refractivity contribution in [1.82, 2.24) is 9.62 Å². The number of phenols is 1. The molecule has 9 heteroatoms. The molecule has 2 heterocycles. The fourth-order valence-corrected chi connectivity index (χ4v) is 5.45. The molecule has 1 aromatic carbocycles. The zero-order valence-corrected chi connectivity index (χ0v) is 14.8. The van der Waals surface area contributed by atoms with Gasteiger partial charge in [0.2, 0.25) is 10.0 Å². The summed E-state index contributed by atoms with van der Waals surface area (Å²) in [7, 11) is -0.913. The third-order valence-corrected chi connectivity index (χ3v) is 7.14. The Kier molecular flexibility index (Phi) is 4.42. The van der Waals surface area contributed by atoms with E-state index in [0.29, 0.717) is 0 Å². The molecule has 0 radical (unpaired) electrons. The van der Waals surface area contributed by atoms with Gasteiger partial charge >= 0.3 is 0 Å². The van der Waals surface area contributed by atoms with Crippen LogP contribution in [-0.4, -0.2) is 56.6 Å². The number of rotatable bonds is 3. The van der Waals surface area contributed by atoms with Crippen molar-refractivity contribution in [3.05, 3.63) is 42.0 Å². The molecule has 0 spiro atoms. The van der Waals surface area contributed by atoms with Crippen molar-refractivity contribution in [1.29, 1.82) is 0 Å². The molecular formula is C16H21FN2O5S. The molecule has 2 aliphatic rings. The molecular weight excluding hydrogens is 351 g/mol.